The Bertz CT molecular complexity index is 500. The molecule has 0 fully saturated rings. The second-order valence-electron chi connectivity index (χ2n) is 3.85. The minimum Gasteiger partial charge on any atom is -0.383 e. The summed E-state index contributed by atoms with van der Waals surface area (Å²) in [6.45, 7) is 1.65. The average molecular weight is 281 g/mol. The summed E-state index contributed by atoms with van der Waals surface area (Å²) in [5.74, 6) is 0. The number of para-hydroxylation sites is 1. The van der Waals surface area contributed by atoms with Crippen LogP contribution >= 0.6 is 23.2 Å². The molecule has 0 saturated heterocycles. The molecule has 2 aromatic carbocycles. The van der Waals surface area contributed by atoms with E-state index in [-0.39, 0.29) is 0 Å². The van der Waals surface area contributed by atoms with Gasteiger partial charge in [-0.15, -0.1) is 0 Å². The van der Waals surface area contributed by atoms with Gasteiger partial charge in [-0.25, -0.2) is 0 Å². The lowest BCUT2D eigenvalue weighted by molar-refractivity contribution is 1.08. The van der Waals surface area contributed by atoms with Crippen molar-refractivity contribution >= 4 is 34.6 Å². The van der Waals surface area contributed by atoms with E-state index in [2.05, 4.69) is 10.6 Å². The van der Waals surface area contributed by atoms with Gasteiger partial charge in [0.2, 0.25) is 0 Å². The SMILES string of the molecule is Clc1ccc(NCCNc2ccccc2)cc1Cl. The Morgan fingerprint density at radius 3 is 2.06 bits per heavy atom. The van der Waals surface area contributed by atoms with Gasteiger partial charge in [0.25, 0.3) is 0 Å². The van der Waals surface area contributed by atoms with Gasteiger partial charge in [0.05, 0.1) is 10.0 Å². The first-order valence-corrected chi connectivity index (χ1v) is 6.49. The fourth-order valence-electron chi connectivity index (χ4n) is 1.58. The Hall–Kier alpha value is -1.38. The molecule has 4 heteroatoms. The topological polar surface area (TPSA) is 24.1 Å². The minimum absolute atomic E-state index is 0.567. The molecule has 0 aliphatic heterocycles. The van der Waals surface area contributed by atoms with E-state index in [0.29, 0.717) is 10.0 Å². The quantitative estimate of drug-likeness (QED) is 0.787. The molecule has 2 nitrogen and oxygen atoms in total. The first kappa shape index (κ1) is 13.1. The van der Waals surface area contributed by atoms with Gasteiger partial charge in [0.1, 0.15) is 0 Å². The van der Waals surface area contributed by atoms with E-state index in [1.54, 1.807) is 6.07 Å². The second kappa shape index (κ2) is 6.53. The van der Waals surface area contributed by atoms with Gasteiger partial charge in [0.15, 0.2) is 0 Å². The molecule has 0 amide bonds. The van der Waals surface area contributed by atoms with Crippen molar-refractivity contribution in [3.63, 3.8) is 0 Å². The monoisotopic (exact) mass is 280 g/mol. The summed E-state index contributed by atoms with van der Waals surface area (Å²) in [5.41, 5.74) is 2.09. The fourth-order valence-corrected chi connectivity index (χ4v) is 1.87. The summed E-state index contributed by atoms with van der Waals surface area (Å²) in [6, 6.07) is 15.6. The maximum absolute atomic E-state index is 5.93. The van der Waals surface area contributed by atoms with Crippen LogP contribution in [0.1, 0.15) is 0 Å². The molecule has 0 spiro atoms. The van der Waals surface area contributed by atoms with E-state index in [0.717, 1.165) is 24.5 Å². The van der Waals surface area contributed by atoms with Crippen LogP contribution in [0.15, 0.2) is 48.5 Å². The summed E-state index contributed by atoms with van der Waals surface area (Å²) in [7, 11) is 0. The van der Waals surface area contributed by atoms with Gasteiger partial charge in [-0.05, 0) is 30.3 Å². The Kier molecular flexibility index (Phi) is 4.73. The van der Waals surface area contributed by atoms with Gasteiger partial charge in [0, 0.05) is 24.5 Å². The lowest BCUT2D eigenvalue weighted by Gasteiger charge is -2.09. The van der Waals surface area contributed by atoms with Crippen molar-refractivity contribution in [2.45, 2.75) is 0 Å². The standard InChI is InChI=1S/C14H14Cl2N2/c15-13-7-6-12(10-14(13)16)18-9-8-17-11-4-2-1-3-5-11/h1-7,10,17-18H,8-9H2. The zero-order valence-electron chi connectivity index (χ0n) is 9.79. The first-order valence-electron chi connectivity index (χ1n) is 5.73. The summed E-state index contributed by atoms with van der Waals surface area (Å²) < 4.78 is 0. The third kappa shape index (κ3) is 3.83. The lowest BCUT2D eigenvalue weighted by atomic mass is 10.3. The average Bonchev–Trinajstić information content (AvgIpc) is 2.40. The maximum Gasteiger partial charge on any atom is 0.0612 e. The van der Waals surface area contributed by atoms with Crippen molar-refractivity contribution in [1.82, 2.24) is 0 Å². The van der Waals surface area contributed by atoms with E-state index in [4.69, 9.17) is 23.2 Å². The van der Waals surface area contributed by atoms with E-state index in [1.807, 2.05) is 42.5 Å². The molecule has 0 saturated carbocycles. The molecule has 0 aliphatic carbocycles. The van der Waals surface area contributed by atoms with Crippen molar-refractivity contribution in [3.8, 4) is 0 Å². The molecule has 94 valence electrons. The highest BCUT2D eigenvalue weighted by atomic mass is 35.5. The summed E-state index contributed by atoms with van der Waals surface area (Å²) in [5, 5.41) is 7.74. The number of halogens is 2. The first-order chi connectivity index (χ1) is 8.75. The molecule has 2 aromatic rings. The zero-order chi connectivity index (χ0) is 12.8. The summed E-state index contributed by atoms with van der Waals surface area (Å²) in [4.78, 5) is 0. The molecule has 0 radical (unpaired) electrons. The Morgan fingerprint density at radius 1 is 0.722 bits per heavy atom. The normalized spacial score (nSPS) is 10.1. The molecule has 0 aliphatic rings. The number of hydrogen-bond acceptors (Lipinski definition) is 2. The third-order valence-corrected chi connectivity index (χ3v) is 3.22. The van der Waals surface area contributed by atoms with Crippen LogP contribution in [0, 0.1) is 0 Å². The molecule has 0 bridgehead atoms. The molecular weight excluding hydrogens is 267 g/mol. The van der Waals surface area contributed by atoms with Crippen LogP contribution in [0.5, 0.6) is 0 Å². The Balaban J connectivity index is 1.77. The van der Waals surface area contributed by atoms with E-state index < -0.39 is 0 Å². The highest BCUT2D eigenvalue weighted by molar-refractivity contribution is 6.42. The van der Waals surface area contributed by atoms with Crippen molar-refractivity contribution in [3.05, 3.63) is 58.6 Å². The van der Waals surface area contributed by atoms with E-state index in [1.165, 1.54) is 0 Å². The van der Waals surface area contributed by atoms with E-state index >= 15 is 0 Å². The molecule has 0 aromatic heterocycles. The third-order valence-electron chi connectivity index (χ3n) is 2.48. The zero-order valence-corrected chi connectivity index (χ0v) is 11.3. The largest absolute Gasteiger partial charge is 0.383 e. The number of anilines is 2. The fraction of sp³-hybridized carbons (Fsp3) is 0.143. The molecule has 0 atom stereocenters. The van der Waals surface area contributed by atoms with Crippen LogP contribution in [0.2, 0.25) is 10.0 Å². The predicted octanol–water partition coefficient (Wildman–Crippen LogP) is 4.52. The number of benzene rings is 2. The molecule has 18 heavy (non-hydrogen) atoms. The van der Waals surface area contributed by atoms with Gasteiger partial charge < -0.3 is 10.6 Å². The molecule has 0 unspecified atom stereocenters. The molecule has 0 heterocycles. The molecule has 2 rings (SSSR count). The highest BCUT2D eigenvalue weighted by Gasteiger charge is 1.98. The number of rotatable bonds is 5. The van der Waals surface area contributed by atoms with Crippen molar-refractivity contribution < 1.29 is 0 Å². The van der Waals surface area contributed by atoms with Crippen molar-refractivity contribution in [2.75, 3.05) is 23.7 Å². The van der Waals surface area contributed by atoms with Crippen LogP contribution in [-0.2, 0) is 0 Å². The Labute approximate surface area is 117 Å². The Morgan fingerprint density at radius 2 is 1.39 bits per heavy atom. The smallest absolute Gasteiger partial charge is 0.0612 e. The molecule has 2 N–H and O–H groups in total. The predicted molar refractivity (Wildman–Crippen MR) is 79.9 cm³/mol. The van der Waals surface area contributed by atoms with Crippen LogP contribution in [0.3, 0.4) is 0 Å². The van der Waals surface area contributed by atoms with Crippen LogP contribution in [0.4, 0.5) is 11.4 Å². The van der Waals surface area contributed by atoms with Crippen LogP contribution in [-0.4, -0.2) is 13.1 Å². The van der Waals surface area contributed by atoms with Crippen molar-refractivity contribution in [1.29, 1.82) is 0 Å². The van der Waals surface area contributed by atoms with Crippen molar-refractivity contribution in [2.24, 2.45) is 0 Å². The highest BCUT2D eigenvalue weighted by Crippen LogP contribution is 2.24. The minimum atomic E-state index is 0.567. The van der Waals surface area contributed by atoms with Gasteiger partial charge >= 0.3 is 0 Å². The maximum atomic E-state index is 5.93. The van der Waals surface area contributed by atoms with Gasteiger partial charge in [-0.1, -0.05) is 41.4 Å². The lowest BCUT2D eigenvalue weighted by Crippen LogP contribution is -2.13. The molecular formula is C14H14Cl2N2. The summed E-state index contributed by atoms with van der Waals surface area (Å²) >= 11 is 11.8. The van der Waals surface area contributed by atoms with Crippen LogP contribution < -0.4 is 10.6 Å². The van der Waals surface area contributed by atoms with Crippen LogP contribution in [0.25, 0.3) is 0 Å². The van der Waals surface area contributed by atoms with Gasteiger partial charge in [-0.2, -0.15) is 0 Å². The van der Waals surface area contributed by atoms with Gasteiger partial charge in [-0.3, -0.25) is 0 Å². The summed E-state index contributed by atoms with van der Waals surface area (Å²) in [6.07, 6.45) is 0. The van der Waals surface area contributed by atoms with E-state index in [9.17, 15) is 0 Å². The number of nitrogens with one attached hydrogen (secondary N) is 2. The number of hydrogen-bond donors (Lipinski definition) is 2. The second-order valence-corrected chi connectivity index (χ2v) is 4.66.